The first-order chi connectivity index (χ1) is 11.8. The lowest BCUT2D eigenvalue weighted by Crippen LogP contribution is -2.42. The third kappa shape index (κ3) is 8.04. The fourth-order valence-electron chi connectivity index (χ4n) is 2.51. The highest BCUT2D eigenvalue weighted by atomic mass is 32.2. The number of aromatic nitrogens is 2. The van der Waals surface area contributed by atoms with E-state index in [0.717, 1.165) is 9.47 Å². The van der Waals surface area contributed by atoms with Gasteiger partial charge >= 0.3 is 5.97 Å². The second kappa shape index (κ2) is 9.38. The van der Waals surface area contributed by atoms with Gasteiger partial charge in [-0.25, -0.2) is 0 Å². The Hall–Kier alpha value is -1.35. The van der Waals surface area contributed by atoms with E-state index in [4.69, 9.17) is 4.74 Å². The topological polar surface area (TPSA) is 93.2 Å². The molecular formula is C16H26N4O3S2. The van der Waals surface area contributed by atoms with E-state index in [9.17, 15) is 9.59 Å². The summed E-state index contributed by atoms with van der Waals surface area (Å²) in [5.41, 5.74) is -0.341. The number of hydrogen-bond acceptors (Lipinski definition) is 8. The van der Waals surface area contributed by atoms with Gasteiger partial charge in [0.1, 0.15) is 0 Å². The zero-order chi connectivity index (χ0) is 18.3. The molecule has 0 bridgehead atoms. The Morgan fingerprint density at radius 1 is 1.24 bits per heavy atom. The largest absolute Gasteiger partial charge is 0.455 e. The number of nitrogens with one attached hydrogen (secondary N) is 2. The predicted octanol–water partition coefficient (Wildman–Crippen LogP) is 2.83. The molecular weight excluding hydrogens is 360 g/mol. The Kier molecular flexibility index (Phi) is 7.49. The van der Waals surface area contributed by atoms with Crippen LogP contribution in [0.5, 0.6) is 0 Å². The lowest BCUT2D eigenvalue weighted by Gasteiger charge is -2.21. The number of thioether (sulfide) groups is 1. The van der Waals surface area contributed by atoms with Crippen molar-refractivity contribution in [2.75, 3.05) is 17.7 Å². The van der Waals surface area contributed by atoms with Crippen LogP contribution >= 0.6 is 23.1 Å². The number of amides is 1. The molecule has 0 radical (unpaired) electrons. The molecule has 2 N–H and O–H groups in total. The quantitative estimate of drug-likeness (QED) is 0.550. The summed E-state index contributed by atoms with van der Waals surface area (Å²) in [4.78, 5) is 23.3. The second-order valence-corrected chi connectivity index (χ2v) is 9.30. The first kappa shape index (κ1) is 20.0. The highest BCUT2D eigenvalue weighted by molar-refractivity contribution is 8.01. The molecule has 1 saturated carbocycles. The Balaban J connectivity index is 1.67. The van der Waals surface area contributed by atoms with Crippen LogP contribution in [0.2, 0.25) is 0 Å². The molecule has 0 spiro atoms. The molecule has 1 aromatic heterocycles. The normalized spacial score (nSPS) is 15.6. The molecule has 1 aliphatic carbocycles. The molecule has 1 aromatic rings. The first-order valence-corrected chi connectivity index (χ1v) is 10.3. The van der Waals surface area contributed by atoms with Crippen LogP contribution in [0.25, 0.3) is 0 Å². The summed E-state index contributed by atoms with van der Waals surface area (Å²) >= 11 is 2.72. The minimum absolute atomic E-state index is 0.112. The molecule has 0 aliphatic heterocycles. The van der Waals surface area contributed by atoms with Gasteiger partial charge in [0.05, 0.1) is 5.75 Å². The van der Waals surface area contributed by atoms with E-state index in [2.05, 4.69) is 20.8 Å². The molecule has 9 heteroatoms. The number of nitrogens with zero attached hydrogens (tertiary/aromatic N) is 2. The average molecular weight is 387 g/mol. The summed E-state index contributed by atoms with van der Waals surface area (Å²) in [6, 6.07) is 0.478. The van der Waals surface area contributed by atoms with Crippen LogP contribution in [0, 0.1) is 0 Å². The van der Waals surface area contributed by atoms with Gasteiger partial charge in [-0.05, 0) is 33.6 Å². The van der Waals surface area contributed by atoms with Crippen LogP contribution in [0.4, 0.5) is 5.13 Å². The van der Waals surface area contributed by atoms with Gasteiger partial charge < -0.3 is 15.4 Å². The third-order valence-electron chi connectivity index (χ3n) is 3.53. The Morgan fingerprint density at radius 2 is 1.96 bits per heavy atom. The van der Waals surface area contributed by atoms with Gasteiger partial charge in [0.15, 0.2) is 10.9 Å². The van der Waals surface area contributed by atoms with Crippen molar-refractivity contribution >= 4 is 40.1 Å². The summed E-state index contributed by atoms with van der Waals surface area (Å²) in [5, 5.41) is 15.2. The monoisotopic (exact) mass is 386 g/mol. The number of carbonyl (C=O) groups is 2. The summed E-state index contributed by atoms with van der Waals surface area (Å²) in [6.45, 7) is 5.35. The molecule has 140 valence electrons. The maximum atomic E-state index is 11.7. The van der Waals surface area contributed by atoms with Crippen LogP contribution in [-0.4, -0.2) is 46.0 Å². The molecule has 1 fully saturated rings. The molecule has 1 amide bonds. The standard InChI is InChI=1S/C16H26N4O3S2/c1-16(2,3)18-12(21)9-23-13(22)10-24-15-20-19-14(25-15)17-11-7-5-4-6-8-11/h11H,4-10H2,1-3H3,(H,17,19)(H,18,21). The highest BCUT2D eigenvalue weighted by Gasteiger charge is 2.17. The number of rotatable bonds is 7. The number of carbonyl (C=O) groups excluding carboxylic acids is 2. The molecule has 2 rings (SSSR count). The molecule has 1 heterocycles. The fourth-order valence-corrected chi connectivity index (χ4v) is 4.14. The smallest absolute Gasteiger partial charge is 0.316 e. The Bertz CT molecular complexity index is 580. The summed E-state index contributed by atoms with van der Waals surface area (Å²) in [6.07, 6.45) is 6.17. The van der Waals surface area contributed by atoms with Crippen LogP contribution in [0.3, 0.4) is 0 Å². The minimum atomic E-state index is -0.439. The summed E-state index contributed by atoms with van der Waals surface area (Å²) in [7, 11) is 0. The average Bonchev–Trinajstić information content (AvgIpc) is 2.98. The second-order valence-electron chi connectivity index (χ2n) is 7.10. The van der Waals surface area contributed by atoms with Crippen molar-refractivity contribution in [3.05, 3.63) is 0 Å². The maximum absolute atomic E-state index is 11.7. The predicted molar refractivity (Wildman–Crippen MR) is 100.0 cm³/mol. The van der Waals surface area contributed by atoms with Crippen molar-refractivity contribution in [3.63, 3.8) is 0 Å². The number of ether oxygens (including phenoxy) is 1. The van der Waals surface area contributed by atoms with Gasteiger partial charge in [0.25, 0.3) is 5.91 Å². The number of hydrogen-bond donors (Lipinski definition) is 2. The zero-order valence-electron chi connectivity index (χ0n) is 15.0. The first-order valence-electron chi connectivity index (χ1n) is 8.51. The SMILES string of the molecule is CC(C)(C)NC(=O)COC(=O)CSc1nnc(NC2CCCCC2)s1. The van der Waals surface area contributed by atoms with Gasteiger partial charge in [-0.2, -0.15) is 0 Å². The Labute approximate surface area is 156 Å². The molecule has 0 saturated heterocycles. The van der Waals surface area contributed by atoms with Crippen LogP contribution in [-0.2, 0) is 14.3 Å². The lowest BCUT2D eigenvalue weighted by atomic mass is 9.96. The number of esters is 1. The summed E-state index contributed by atoms with van der Waals surface area (Å²) < 4.78 is 5.69. The third-order valence-corrected chi connectivity index (χ3v) is 5.49. The maximum Gasteiger partial charge on any atom is 0.316 e. The van der Waals surface area contributed by atoms with E-state index in [1.165, 1.54) is 55.2 Å². The van der Waals surface area contributed by atoms with Gasteiger partial charge in [0, 0.05) is 11.6 Å². The fraction of sp³-hybridized carbons (Fsp3) is 0.750. The van der Waals surface area contributed by atoms with Gasteiger partial charge in [-0.1, -0.05) is 42.4 Å². The van der Waals surface area contributed by atoms with Crippen molar-refractivity contribution in [1.29, 1.82) is 0 Å². The van der Waals surface area contributed by atoms with E-state index >= 15 is 0 Å². The van der Waals surface area contributed by atoms with Crippen LogP contribution < -0.4 is 10.6 Å². The van der Waals surface area contributed by atoms with Crippen molar-refractivity contribution in [2.24, 2.45) is 0 Å². The van der Waals surface area contributed by atoms with E-state index in [0.29, 0.717) is 6.04 Å². The molecule has 7 nitrogen and oxygen atoms in total. The van der Waals surface area contributed by atoms with Crippen molar-refractivity contribution in [2.45, 2.75) is 68.8 Å². The van der Waals surface area contributed by atoms with Crippen LogP contribution in [0.15, 0.2) is 4.34 Å². The minimum Gasteiger partial charge on any atom is -0.455 e. The van der Waals surface area contributed by atoms with Crippen molar-refractivity contribution in [1.82, 2.24) is 15.5 Å². The van der Waals surface area contributed by atoms with E-state index < -0.39 is 5.97 Å². The van der Waals surface area contributed by atoms with E-state index in [1.54, 1.807) is 0 Å². The number of anilines is 1. The molecule has 0 unspecified atom stereocenters. The zero-order valence-corrected chi connectivity index (χ0v) is 16.6. The van der Waals surface area contributed by atoms with Crippen molar-refractivity contribution < 1.29 is 14.3 Å². The van der Waals surface area contributed by atoms with E-state index in [1.807, 2.05) is 20.8 Å². The molecule has 0 aromatic carbocycles. The van der Waals surface area contributed by atoms with Crippen LogP contribution in [0.1, 0.15) is 52.9 Å². The highest BCUT2D eigenvalue weighted by Crippen LogP contribution is 2.28. The summed E-state index contributed by atoms with van der Waals surface area (Å²) in [5.74, 6) is -0.632. The lowest BCUT2D eigenvalue weighted by molar-refractivity contribution is -0.146. The van der Waals surface area contributed by atoms with Gasteiger partial charge in [0.2, 0.25) is 5.13 Å². The molecule has 25 heavy (non-hydrogen) atoms. The van der Waals surface area contributed by atoms with Crippen molar-refractivity contribution in [3.8, 4) is 0 Å². The van der Waals surface area contributed by atoms with E-state index in [-0.39, 0.29) is 23.8 Å². The molecule has 1 aliphatic rings. The Morgan fingerprint density at radius 3 is 2.64 bits per heavy atom. The van der Waals surface area contributed by atoms with Gasteiger partial charge in [-0.15, -0.1) is 10.2 Å². The van der Waals surface area contributed by atoms with Gasteiger partial charge in [-0.3, -0.25) is 9.59 Å². The molecule has 0 atom stereocenters.